The number of methoxy groups -OCH3 is 1. The Morgan fingerprint density at radius 2 is 2.00 bits per heavy atom. The Bertz CT molecular complexity index is 706. The third-order valence-corrected chi connectivity index (χ3v) is 4.02. The van der Waals surface area contributed by atoms with E-state index in [4.69, 9.17) is 9.47 Å². The van der Waals surface area contributed by atoms with Crippen molar-refractivity contribution in [2.24, 2.45) is 0 Å². The third kappa shape index (κ3) is 3.83. The third-order valence-electron chi connectivity index (χ3n) is 4.02. The van der Waals surface area contributed by atoms with Crippen molar-refractivity contribution >= 4 is 11.7 Å². The number of halogens is 1. The largest absolute Gasteiger partial charge is 0.497 e. The fraction of sp³-hybridized carbons (Fsp3) is 0.278. The number of carbonyl (C=O) groups is 1. The van der Waals surface area contributed by atoms with Gasteiger partial charge in [0.2, 0.25) is 0 Å². The van der Waals surface area contributed by atoms with E-state index < -0.39 is 5.82 Å². The monoisotopic (exact) mass is 330 g/mol. The lowest BCUT2D eigenvalue weighted by Gasteiger charge is -2.20. The normalized spacial score (nSPS) is 19.8. The quantitative estimate of drug-likeness (QED) is 0.905. The summed E-state index contributed by atoms with van der Waals surface area (Å²) in [6.07, 6.45) is 0. The molecule has 2 amide bonds. The zero-order chi connectivity index (χ0) is 16.9. The van der Waals surface area contributed by atoms with Crippen molar-refractivity contribution in [3.63, 3.8) is 0 Å². The van der Waals surface area contributed by atoms with E-state index >= 15 is 0 Å². The molecule has 1 heterocycles. The van der Waals surface area contributed by atoms with Crippen LogP contribution in [-0.2, 0) is 4.74 Å². The predicted octanol–water partition coefficient (Wildman–Crippen LogP) is 3.14. The molecule has 2 aromatic carbocycles. The summed E-state index contributed by atoms with van der Waals surface area (Å²) < 4.78 is 23.8. The van der Waals surface area contributed by atoms with Crippen LogP contribution < -0.4 is 15.4 Å². The second-order valence-electron chi connectivity index (χ2n) is 5.63. The maximum Gasteiger partial charge on any atom is 0.319 e. The first-order valence-corrected chi connectivity index (χ1v) is 7.70. The smallest absolute Gasteiger partial charge is 0.319 e. The first-order chi connectivity index (χ1) is 11.7. The molecule has 0 radical (unpaired) electrons. The summed E-state index contributed by atoms with van der Waals surface area (Å²) in [6.45, 7) is 0.977. The van der Waals surface area contributed by atoms with Crippen molar-refractivity contribution in [1.29, 1.82) is 0 Å². The molecule has 1 aliphatic rings. The van der Waals surface area contributed by atoms with Crippen LogP contribution in [0.4, 0.5) is 14.9 Å². The fourth-order valence-electron chi connectivity index (χ4n) is 2.78. The highest BCUT2D eigenvalue weighted by Gasteiger charge is 2.30. The van der Waals surface area contributed by atoms with Crippen LogP contribution in [0.1, 0.15) is 11.5 Å². The van der Waals surface area contributed by atoms with Gasteiger partial charge < -0.3 is 20.1 Å². The molecular weight excluding hydrogens is 311 g/mol. The van der Waals surface area contributed by atoms with Crippen LogP contribution in [0.3, 0.4) is 0 Å². The molecule has 5 nitrogen and oxygen atoms in total. The van der Waals surface area contributed by atoms with Gasteiger partial charge in [-0.1, -0.05) is 18.2 Å². The number of anilines is 1. The molecule has 1 aliphatic heterocycles. The van der Waals surface area contributed by atoms with Gasteiger partial charge in [-0.3, -0.25) is 0 Å². The maximum atomic E-state index is 13.2. The second kappa shape index (κ2) is 7.31. The maximum absolute atomic E-state index is 13.2. The molecule has 0 aliphatic carbocycles. The Morgan fingerprint density at radius 3 is 2.71 bits per heavy atom. The summed E-state index contributed by atoms with van der Waals surface area (Å²) in [5.41, 5.74) is 1.48. The van der Waals surface area contributed by atoms with Crippen molar-refractivity contribution in [1.82, 2.24) is 5.32 Å². The van der Waals surface area contributed by atoms with Crippen molar-refractivity contribution in [3.8, 4) is 5.75 Å². The van der Waals surface area contributed by atoms with Gasteiger partial charge in [0.25, 0.3) is 0 Å². The molecule has 1 fully saturated rings. The lowest BCUT2D eigenvalue weighted by Crippen LogP contribution is -2.41. The molecule has 2 N–H and O–H groups in total. The number of nitrogens with one attached hydrogen (secondary N) is 2. The Labute approximate surface area is 139 Å². The summed E-state index contributed by atoms with van der Waals surface area (Å²) in [7, 11) is 1.62. The van der Waals surface area contributed by atoms with Gasteiger partial charge in [0.15, 0.2) is 0 Å². The molecule has 0 bridgehead atoms. The van der Waals surface area contributed by atoms with Gasteiger partial charge in [-0.15, -0.1) is 0 Å². The lowest BCUT2D eigenvalue weighted by molar-refractivity contribution is 0.187. The fourth-order valence-corrected chi connectivity index (χ4v) is 2.78. The molecule has 2 atom stereocenters. The number of hydrogen-bond donors (Lipinski definition) is 2. The molecule has 2 aromatic rings. The van der Waals surface area contributed by atoms with Crippen LogP contribution in [0.25, 0.3) is 0 Å². The molecule has 0 unspecified atom stereocenters. The summed E-state index contributed by atoms with van der Waals surface area (Å²) in [5, 5.41) is 5.53. The first kappa shape index (κ1) is 16.3. The topological polar surface area (TPSA) is 59.6 Å². The van der Waals surface area contributed by atoms with E-state index in [0.29, 0.717) is 18.9 Å². The average molecular weight is 330 g/mol. The van der Waals surface area contributed by atoms with Crippen molar-refractivity contribution in [3.05, 3.63) is 59.9 Å². The van der Waals surface area contributed by atoms with Gasteiger partial charge in [0, 0.05) is 11.6 Å². The summed E-state index contributed by atoms with van der Waals surface area (Å²) in [6, 6.07) is 13.0. The van der Waals surface area contributed by atoms with Gasteiger partial charge in [0.05, 0.1) is 26.4 Å². The average Bonchev–Trinajstić information content (AvgIpc) is 3.03. The molecule has 0 saturated carbocycles. The van der Waals surface area contributed by atoms with Crippen LogP contribution in [0, 0.1) is 5.82 Å². The minimum Gasteiger partial charge on any atom is -0.497 e. The SMILES string of the molecule is COc1ccc([C@@H]2COC[C@@H]2NC(=O)Nc2cccc(F)c2)cc1. The Hall–Kier alpha value is -2.60. The minimum atomic E-state index is -0.395. The minimum absolute atomic E-state index is 0.0640. The number of hydrogen-bond acceptors (Lipinski definition) is 3. The summed E-state index contributed by atoms with van der Waals surface area (Å²) >= 11 is 0. The highest BCUT2D eigenvalue weighted by Crippen LogP contribution is 2.27. The first-order valence-electron chi connectivity index (χ1n) is 7.70. The molecule has 6 heteroatoms. The zero-order valence-electron chi connectivity index (χ0n) is 13.3. The van der Waals surface area contributed by atoms with Gasteiger partial charge in [0.1, 0.15) is 11.6 Å². The van der Waals surface area contributed by atoms with E-state index in [-0.39, 0.29) is 18.0 Å². The number of benzene rings is 2. The van der Waals surface area contributed by atoms with Gasteiger partial charge >= 0.3 is 6.03 Å². The molecular formula is C18H19FN2O3. The molecule has 0 spiro atoms. The predicted molar refractivity (Wildman–Crippen MR) is 88.9 cm³/mol. The lowest BCUT2D eigenvalue weighted by atomic mass is 9.94. The van der Waals surface area contributed by atoms with Crippen molar-refractivity contribution in [2.75, 3.05) is 25.6 Å². The van der Waals surface area contributed by atoms with E-state index in [0.717, 1.165) is 11.3 Å². The summed E-state index contributed by atoms with van der Waals surface area (Å²) in [4.78, 5) is 12.1. The van der Waals surface area contributed by atoms with E-state index in [9.17, 15) is 9.18 Å². The molecule has 3 rings (SSSR count). The van der Waals surface area contributed by atoms with Crippen LogP contribution in [0.5, 0.6) is 5.75 Å². The van der Waals surface area contributed by atoms with E-state index in [2.05, 4.69) is 10.6 Å². The second-order valence-corrected chi connectivity index (χ2v) is 5.63. The zero-order valence-corrected chi connectivity index (χ0v) is 13.3. The number of rotatable bonds is 4. The summed E-state index contributed by atoms with van der Waals surface area (Å²) in [5.74, 6) is 0.452. The highest BCUT2D eigenvalue weighted by atomic mass is 19.1. The number of amides is 2. The Morgan fingerprint density at radius 1 is 1.21 bits per heavy atom. The standard InChI is InChI=1S/C18H19FN2O3/c1-23-15-7-5-12(6-8-15)16-10-24-11-17(16)21-18(22)20-14-4-2-3-13(19)9-14/h2-9,16-17H,10-11H2,1H3,(H2,20,21,22)/t16-,17-/m0/s1. The van der Waals surface area contributed by atoms with Crippen LogP contribution in [0.15, 0.2) is 48.5 Å². The van der Waals surface area contributed by atoms with E-state index in [1.165, 1.54) is 12.1 Å². The number of ether oxygens (including phenoxy) is 2. The van der Waals surface area contributed by atoms with E-state index in [1.807, 2.05) is 24.3 Å². The van der Waals surface area contributed by atoms with Crippen molar-refractivity contribution in [2.45, 2.75) is 12.0 Å². The van der Waals surface area contributed by atoms with Crippen molar-refractivity contribution < 1.29 is 18.7 Å². The van der Waals surface area contributed by atoms with Gasteiger partial charge in [-0.25, -0.2) is 9.18 Å². The molecule has 0 aromatic heterocycles. The Kier molecular flexibility index (Phi) is 4.96. The van der Waals surface area contributed by atoms with Crippen LogP contribution in [0.2, 0.25) is 0 Å². The molecule has 126 valence electrons. The van der Waals surface area contributed by atoms with E-state index in [1.54, 1.807) is 19.2 Å². The van der Waals surface area contributed by atoms with Crippen LogP contribution >= 0.6 is 0 Å². The highest BCUT2D eigenvalue weighted by molar-refractivity contribution is 5.89. The van der Waals surface area contributed by atoms with Gasteiger partial charge in [-0.05, 0) is 35.9 Å². The number of urea groups is 1. The molecule has 24 heavy (non-hydrogen) atoms. The van der Waals surface area contributed by atoms with Crippen LogP contribution in [-0.4, -0.2) is 32.4 Å². The molecule has 1 saturated heterocycles. The van der Waals surface area contributed by atoms with Gasteiger partial charge in [-0.2, -0.15) is 0 Å². The Balaban J connectivity index is 1.63. The number of carbonyl (C=O) groups excluding carboxylic acids is 1.